The molecule has 5 heteroatoms. The van der Waals surface area contributed by atoms with E-state index in [-0.39, 0.29) is 0 Å². The molecule has 0 unspecified atom stereocenters. The van der Waals surface area contributed by atoms with E-state index in [1.165, 1.54) is 6.08 Å². The fourth-order valence-corrected chi connectivity index (χ4v) is 2.05. The lowest BCUT2D eigenvalue weighted by Gasteiger charge is -2.02. The third-order valence-electron chi connectivity index (χ3n) is 2.95. The van der Waals surface area contributed by atoms with E-state index in [2.05, 4.69) is 9.97 Å². The van der Waals surface area contributed by atoms with Crippen LogP contribution in [-0.4, -0.2) is 15.9 Å². The first-order valence-corrected chi connectivity index (χ1v) is 6.36. The maximum atomic E-state index is 10.6. The van der Waals surface area contributed by atoms with Gasteiger partial charge in [-0.2, -0.15) is 4.98 Å². The van der Waals surface area contributed by atoms with Gasteiger partial charge in [0.05, 0.1) is 17.0 Å². The lowest BCUT2D eigenvalue weighted by molar-refractivity contribution is -0.297. The molecule has 5 nitrogen and oxygen atoms in total. The summed E-state index contributed by atoms with van der Waals surface area (Å²) in [4.78, 5) is 19.4. The monoisotopic (exact) mass is 279 g/mol. The minimum absolute atomic E-state index is 0.430. The third kappa shape index (κ3) is 2.67. The van der Waals surface area contributed by atoms with Crippen molar-refractivity contribution in [2.24, 2.45) is 0 Å². The van der Waals surface area contributed by atoms with Crippen molar-refractivity contribution in [3.8, 4) is 11.4 Å². The van der Waals surface area contributed by atoms with Crippen molar-refractivity contribution in [2.75, 3.05) is 0 Å². The zero-order chi connectivity index (χ0) is 14.8. The van der Waals surface area contributed by atoms with Crippen LogP contribution in [0.2, 0.25) is 0 Å². The maximum Gasteiger partial charge on any atom is 0.230 e. The van der Waals surface area contributed by atoms with Gasteiger partial charge in [-0.25, -0.2) is 4.98 Å². The summed E-state index contributed by atoms with van der Waals surface area (Å²) in [5.41, 5.74) is 1.75. The number of aryl methyl sites for hydroxylation is 1. The molecule has 0 aliphatic rings. The Labute approximate surface area is 120 Å². The Hall–Kier alpha value is -2.95. The van der Waals surface area contributed by atoms with Crippen LogP contribution >= 0.6 is 0 Å². The lowest BCUT2D eigenvalue weighted by atomic mass is 10.2. The van der Waals surface area contributed by atoms with E-state index in [0.29, 0.717) is 28.4 Å². The van der Waals surface area contributed by atoms with Crippen LogP contribution in [0.1, 0.15) is 11.5 Å². The lowest BCUT2D eigenvalue weighted by Crippen LogP contribution is -2.18. The number of carboxylic acids is 1. The predicted octanol–water partition coefficient (Wildman–Crippen LogP) is 1.96. The first-order valence-electron chi connectivity index (χ1n) is 6.36. The molecule has 0 amide bonds. The fraction of sp³-hybridized carbons (Fsp3) is 0.0625. The van der Waals surface area contributed by atoms with Crippen LogP contribution in [0.5, 0.6) is 0 Å². The third-order valence-corrected chi connectivity index (χ3v) is 2.95. The van der Waals surface area contributed by atoms with Gasteiger partial charge in [0, 0.05) is 5.56 Å². The highest BCUT2D eigenvalue weighted by atomic mass is 16.4. The number of rotatable bonds is 3. The van der Waals surface area contributed by atoms with Crippen LogP contribution in [0.15, 0.2) is 46.9 Å². The number of hydrogen-bond donors (Lipinski definition) is 0. The number of aromatic nitrogens is 2. The van der Waals surface area contributed by atoms with E-state index in [1.807, 2.05) is 30.3 Å². The van der Waals surface area contributed by atoms with Gasteiger partial charge in [-0.1, -0.05) is 30.3 Å². The molecule has 21 heavy (non-hydrogen) atoms. The standard InChI is InChI=1S/C16H12N2O3/c1-10-9-12-13(7-8-14(19)20)17-15(18-16(12)21-10)11-5-3-2-4-6-11/h2-9H,1H3,(H,19,20)/p-1/b8-7+. The summed E-state index contributed by atoms with van der Waals surface area (Å²) in [6.07, 6.45) is 2.33. The normalized spacial score (nSPS) is 11.3. The van der Waals surface area contributed by atoms with Gasteiger partial charge < -0.3 is 14.3 Å². The van der Waals surface area contributed by atoms with Gasteiger partial charge in [0.15, 0.2) is 5.82 Å². The summed E-state index contributed by atoms with van der Waals surface area (Å²) in [5.74, 6) is -0.105. The number of carboxylic acid groups (broad SMARTS) is 1. The SMILES string of the molecule is Cc1cc2c(/C=C/C(=O)[O-])nc(-c3ccccc3)nc2o1. The Balaban J connectivity index is 2.21. The quantitative estimate of drug-likeness (QED) is 0.685. The average Bonchev–Trinajstić information content (AvgIpc) is 2.85. The Morgan fingerprint density at radius 2 is 2.00 bits per heavy atom. The summed E-state index contributed by atoms with van der Waals surface area (Å²) in [7, 11) is 0. The highest BCUT2D eigenvalue weighted by Gasteiger charge is 2.11. The van der Waals surface area contributed by atoms with Crippen molar-refractivity contribution in [1.29, 1.82) is 0 Å². The molecule has 0 fully saturated rings. The van der Waals surface area contributed by atoms with Gasteiger partial charge in [-0.3, -0.25) is 0 Å². The number of fused-ring (bicyclic) bond motifs is 1. The second-order valence-corrected chi connectivity index (χ2v) is 4.53. The molecule has 1 aromatic carbocycles. The summed E-state index contributed by atoms with van der Waals surface area (Å²) < 4.78 is 5.53. The van der Waals surface area contributed by atoms with Crippen molar-refractivity contribution in [1.82, 2.24) is 9.97 Å². The molecule has 0 aliphatic heterocycles. The summed E-state index contributed by atoms with van der Waals surface area (Å²) in [6, 6.07) is 11.2. The van der Waals surface area contributed by atoms with Crippen LogP contribution in [-0.2, 0) is 4.79 Å². The minimum atomic E-state index is -1.27. The van der Waals surface area contributed by atoms with Crippen LogP contribution in [0.4, 0.5) is 0 Å². The molecular weight excluding hydrogens is 268 g/mol. The molecule has 2 heterocycles. The van der Waals surface area contributed by atoms with Crippen molar-refractivity contribution in [3.05, 3.63) is 53.9 Å². The molecule has 0 N–H and O–H groups in total. The molecule has 3 rings (SSSR count). The summed E-state index contributed by atoms with van der Waals surface area (Å²) in [6.45, 7) is 1.80. The zero-order valence-corrected chi connectivity index (χ0v) is 11.2. The molecule has 0 spiro atoms. The number of benzene rings is 1. The van der Waals surface area contributed by atoms with Gasteiger partial charge in [-0.15, -0.1) is 0 Å². The second-order valence-electron chi connectivity index (χ2n) is 4.53. The topological polar surface area (TPSA) is 79.0 Å². The zero-order valence-electron chi connectivity index (χ0n) is 11.2. The Kier molecular flexibility index (Phi) is 3.23. The Bertz CT molecular complexity index is 835. The second kappa shape index (κ2) is 5.20. The Morgan fingerprint density at radius 3 is 2.71 bits per heavy atom. The van der Waals surface area contributed by atoms with E-state index >= 15 is 0 Å². The van der Waals surface area contributed by atoms with Gasteiger partial charge in [-0.05, 0) is 25.1 Å². The van der Waals surface area contributed by atoms with Crippen molar-refractivity contribution < 1.29 is 14.3 Å². The number of carbonyl (C=O) groups is 1. The van der Waals surface area contributed by atoms with Gasteiger partial charge in [0.2, 0.25) is 5.71 Å². The largest absolute Gasteiger partial charge is 0.545 e. The van der Waals surface area contributed by atoms with Crippen LogP contribution in [0.3, 0.4) is 0 Å². The molecule has 104 valence electrons. The maximum absolute atomic E-state index is 10.6. The summed E-state index contributed by atoms with van der Waals surface area (Å²) in [5, 5.41) is 11.3. The van der Waals surface area contributed by atoms with E-state index < -0.39 is 5.97 Å². The number of aliphatic carboxylic acids is 1. The van der Waals surface area contributed by atoms with Crippen LogP contribution < -0.4 is 5.11 Å². The van der Waals surface area contributed by atoms with Crippen molar-refractivity contribution >= 4 is 23.1 Å². The summed E-state index contributed by atoms with van der Waals surface area (Å²) >= 11 is 0. The van der Waals surface area contributed by atoms with Crippen LogP contribution in [0.25, 0.3) is 28.6 Å². The Morgan fingerprint density at radius 1 is 1.24 bits per heavy atom. The fourth-order valence-electron chi connectivity index (χ4n) is 2.05. The minimum Gasteiger partial charge on any atom is -0.545 e. The molecule has 0 saturated carbocycles. The molecule has 3 aromatic rings. The number of nitrogens with zero attached hydrogens (tertiary/aromatic N) is 2. The predicted molar refractivity (Wildman–Crippen MR) is 76.0 cm³/mol. The number of carbonyl (C=O) groups excluding carboxylic acids is 1. The molecule has 0 bridgehead atoms. The number of hydrogen-bond acceptors (Lipinski definition) is 5. The van der Waals surface area contributed by atoms with E-state index in [4.69, 9.17) is 4.42 Å². The van der Waals surface area contributed by atoms with Gasteiger partial charge >= 0.3 is 0 Å². The molecule has 0 aliphatic carbocycles. The van der Waals surface area contributed by atoms with Crippen molar-refractivity contribution in [2.45, 2.75) is 6.92 Å². The first-order chi connectivity index (χ1) is 10.1. The van der Waals surface area contributed by atoms with Crippen LogP contribution in [0, 0.1) is 6.92 Å². The molecule has 2 aromatic heterocycles. The van der Waals surface area contributed by atoms with E-state index in [1.54, 1.807) is 13.0 Å². The average molecular weight is 279 g/mol. The molecule has 0 atom stereocenters. The molecule has 0 radical (unpaired) electrons. The number of furan rings is 1. The molecular formula is C16H11N2O3-. The first kappa shape index (κ1) is 13.1. The van der Waals surface area contributed by atoms with Crippen molar-refractivity contribution in [3.63, 3.8) is 0 Å². The highest BCUT2D eigenvalue weighted by molar-refractivity contribution is 5.90. The van der Waals surface area contributed by atoms with E-state index in [0.717, 1.165) is 11.6 Å². The van der Waals surface area contributed by atoms with Gasteiger partial charge in [0.1, 0.15) is 5.76 Å². The molecule has 0 saturated heterocycles. The highest BCUT2D eigenvalue weighted by Crippen LogP contribution is 2.25. The smallest absolute Gasteiger partial charge is 0.230 e. The van der Waals surface area contributed by atoms with E-state index in [9.17, 15) is 9.90 Å². The van der Waals surface area contributed by atoms with Gasteiger partial charge in [0.25, 0.3) is 0 Å².